The average Bonchev–Trinajstić information content (AvgIpc) is 2.56. The highest BCUT2D eigenvalue weighted by atomic mass is 35.5. The third kappa shape index (κ3) is 4.26. The van der Waals surface area contributed by atoms with E-state index in [0.717, 1.165) is 0 Å². The molecule has 142 valence electrons. The lowest BCUT2D eigenvalue weighted by molar-refractivity contribution is -0.129. The van der Waals surface area contributed by atoms with Crippen molar-refractivity contribution in [1.82, 2.24) is 4.98 Å². The smallest absolute Gasteiger partial charge is 0.270 e. The van der Waals surface area contributed by atoms with E-state index in [9.17, 15) is 9.59 Å². The van der Waals surface area contributed by atoms with Gasteiger partial charge in [-0.25, -0.2) is 4.98 Å². The van der Waals surface area contributed by atoms with Gasteiger partial charge in [-0.05, 0) is 36.2 Å². The van der Waals surface area contributed by atoms with E-state index in [-0.39, 0.29) is 30.0 Å². The first kappa shape index (κ1) is 19.3. The van der Waals surface area contributed by atoms with Crippen molar-refractivity contribution >= 4 is 52.3 Å². The Kier molecular flexibility index (Phi) is 5.43. The number of carbonyl (C=O) groups is 2. The first-order valence-corrected chi connectivity index (χ1v) is 9.00. The summed E-state index contributed by atoms with van der Waals surface area (Å²) in [6.07, 6.45) is -0.712. The van der Waals surface area contributed by atoms with Crippen molar-refractivity contribution in [3.8, 4) is 5.75 Å². The topological polar surface area (TPSA) is 97.6 Å². The highest BCUT2D eigenvalue weighted by Crippen LogP contribution is 2.34. The quantitative estimate of drug-likeness (QED) is 0.807. The third-order valence-electron chi connectivity index (χ3n) is 3.93. The molecule has 1 unspecified atom stereocenters. The molecule has 0 bridgehead atoms. The van der Waals surface area contributed by atoms with Crippen molar-refractivity contribution in [1.29, 1.82) is 0 Å². The van der Waals surface area contributed by atoms with Gasteiger partial charge in [0.2, 0.25) is 5.91 Å². The van der Waals surface area contributed by atoms with Gasteiger partial charge in [0.05, 0.1) is 0 Å². The average molecular weight is 409 g/mol. The van der Waals surface area contributed by atoms with Crippen molar-refractivity contribution in [3.63, 3.8) is 0 Å². The van der Waals surface area contributed by atoms with Crippen LogP contribution in [0.25, 0.3) is 0 Å². The van der Waals surface area contributed by atoms with Crippen LogP contribution in [0.4, 0.5) is 17.3 Å². The fourth-order valence-electron chi connectivity index (χ4n) is 2.72. The van der Waals surface area contributed by atoms with E-state index in [2.05, 4.69) is 10.3 Å². The number of hydrogen-bond acceptors (Lipinski definition) is 5. The number of anilines is 3. The van der Waals surface area contributed by atoms with Gasteiger partial charge in [-0.1, -0.05) is 37.0 Å². The molecule has 2 amide bonds. The number of pyridine rings is 1. The number of amides is 2. The highest BCUT2D eigenvalue weighted by Gasteiger charge is 2.38. The van der Waals surface area contributed by atoms with Gasteiger partial charge in [0.15, 0.2) is 17.7 Å². The second-order valence-corrected chi connectivity index (χ2v) is 7.34. The molecular weight excluding hydrogens is 391 g/mol. The highest BCUT2D eigenvalue weighted by molar-refractivity contribution is 6.35. The number of benzene rings is 1. The Morgan fingerprint density at radius 1 is 1.30 bits per heavy atom. The van der Waals surface area contributed by atoms with E-state index >= 15 is 0 Å². The zero-order chi connectivity index (χ0) is 19.7. The maximum Gasteiger partial charge on any atom is 0.270 e. The Hall–Kier alpha value is -2.51. The summed E-state index contributed by atoms with van der Waals surface area (Å²) in [5, 5.41) is 3.46. The zero-order valence-electron chi connectivity index (χ0n) is 14.7. The molecule has 9 heteroatoms. The fraction of sp³-hybridized carbons (Fsp3) is 0.278. The summed E-state index contributed by atoms with van der Waals surface area (Å²) in [6, 6.07) is 7.90. The minimum atomic E-state index is -0.712. The van der Waals surface area contributed by atoms with Gasteiger partial charge in [-0.2, -0.15) is 0 Å². The number of nitrogens with one attached hydrogen (secondary N) is 1. The Labute approximate surface area is 166 Å². The van der Waals surface area contributed by atoms with Crippen LogP contribution in [0.3, 0.4) is 0 Å². The van der Waals surface area contributed by atoms with Crippen LogP contribution >= 0.6 is 23.2 Å². The Bertz CT molecular complexity index is 884. The monoisotopic (exact) mass is 408 g/mol. The summed E-state index contributed by atoms with van der Waals surface area (Å²) in [5.41, 5.74) is 6.17. The molecule has 7 nitrogen and oxygen atoms in total. The first-order valence-electron chi connectivity index (χ1n) is 8.25. The number of aromatic nitrogens is 1. The molecule has 0 spiro atoms. The number of carbonyl (C=O) groups excluding carboxylic acids is 2. The number of rotatable bonds is 4. The summed E-state index contributed by atoms with van der Waals surface area (Å²) < 4.78 is 5.75. The van der Waals surface area contributed by atoms with E-state index in [0.29, 0.717) is 21.5 Å². The van der Waals surface area contributed by atoms with E-state index in [1.165, 1.54) is 4.90 Å². The molecule has 0 aliphatic carbocycles. The Morgan fingerprint density at radius 2 is 1.96 bits per heavy atom. The number of fused-ring (bicyclic) bond motifs is 1. The predicted molar refractivity (Wildman–Crippen MR) is 105 cm³/mol. The van der Waals surface area contributed by atoms with Gasteiger partial charge in [0.25, 0.3) is 5.91 Å². The molecule has 27 heavy (non-hydrogen) atoms. The molecule has 0 radical (unpaired) electrons. The Balaban J connectivity index is 1.86. The third-order valence-corrected chi connectivity index (χ3v) is 4.37. The summed E-state index contributed by atoms with van der Waals surface area (Å²) in [4.78, 5) is 30.8. The molecular formula is C18H18Cl2N4O3. The van der Waals surface area contributed by atoms with E-state index < -0.39 is 12.0 Å². The summed E-state index contributed by atoms with van der Waals surface area (Å²) in [6.45, 7) is 3.48. The van der Waals surface area contributed by atoms with Crippen LogP contribution in [0.1, 0.15) is 13.8 Å². The lowest BCUT2D eigenvalue weighted by atomic mass is 10.0. The fourth-order valence-corrected chi connectivity index (χ4v) is 3.25. The van der Waals surface area contributed by atoms with Crippen LogP contribution in [-0.4, -0.2) is 29.4 Å². The van der Waals surface area contributed by atoms with Crippen molar-refractivity contribution in [2.75, 3.05) is 22.5 Å². The Morgan fingerprint density at radius 3 is 2.59 bits per heavy atom. The SMILES string of the molecule is CC(C)C1Oc2ccc(N)nc2N(CC(=O)Nc2cc(Cl)cc(Cl)c2)C1=O. The molecule has 1 aromatic heterocycles. The molecule has 0 saturated carbocycles. The van der Waals surface area contributed by atoms with Gasteiger partial charge in [0, 0.05) is 15.7 Å². The van der Waals surface area contributed by atoms with Crippen molar-refractivity contribution in [2.24, 2.45) is 5.92 Å². The van der Waals surface area contributed by atoms with Crippen molar-refractivity contribution in [2.45, 2.75) is 20.0 Å². The minimum absolute atomic E-state index is 0.0829. The molecule has 3 rings (SSSR count). The maximum atomic E-state index is 12.8. The zero-order valence-corrected chi connectivity index (χ0v) is 16.2. The lowest BCUT2D eigenvalue weighted by Crippen LogP contribution is -2.51. The molecule has 1 atom stereocenters. The molecule has 2 aromatic rings. The second-order valence-electron chi connectivity index (χ2n) is 6.47. The van der Waals surface area contributed by atoms with Gasteiger partial charge >= 0.3 is 0 Å². The van der Waals surface area contributed by atoms with Crippen LogP contribution in [-0.2, 0) is 9.59 Å². The van der Waals surface area contributed by atoms with Gasteiger partial charge in [-0.3, -0.25) is 14.5 Å². The largest absolute Gasteiger partial charge is 0.476 e. The number of halogens is 2. The predicted octanol–water partition coefficient (Wildman–Crippen LogP) is 3.36. The molecule has 1 aliphatic rings. The number of ether oxygens (including phenoxy) is 1. The van der Waals surface area contributed by atoms with E-state index in [1.54, 1.807) is 30.3 Å². The number of nitrogens with two attached hydrogens (primary N) is 1. The van der Waals surface area contributed by atoms with Crippen LogP contribution in [0.2, 0.25) is 10.0 Å². The van der Waals surface area contributed by atoms with Crippen LogP contribution in [0.15, 0.2) is 30.3 Å². The van der Waals surface area contributed by atoms with E-state index in [1.807, 2.05) is 13.8 Å². The standard InChI is InChI=1S/C18H18Cl2N4O3/c1-9(2)16-18(26)24(17-13(27-16)3-4-14(21)23-17)8-15(25)22-12-6-10(19)5-11(20)7-12/h3-7,9,16H,8H2,1-2H3,(H2,21,23)(H,22,25). The molecule has 2 heterocycles. The molecule has 0 saturated heterocycles. The van der Waals surface area contributed by atoms with E-state index in [4.69, 9.17) is 33.7 Å². The van der Waals surface area contributed by atoms with Gasteiger partial charge in [0.1, 0.15) is 12.4 Å². The summed E-state index contributed by atoms with van der Waals surface area (Å²) in [7, 11) is 0. The van der Waals surface area contributed by atoms with Crippen LogP contribution in [0.5, 0.6) is 5.75 Å². The summed E-state index contributed by atoms with van der Waals surface area (Å²) in [5.74, 6) is -0.0194. The first-order chi connectivity index (χ1) is 12.7. The van der Waals surface area contributed by atoms with Gasteiger partial charge < -0.3 is 15.8 Å². The normalized spacial score (nSPS) is 16.1. The summed E-state index contributed by atoms with van der Waals surface area (Å²) >= 11 is 11.9. The number of nitrogen functional groups attached to an aromatic ring is 1. The number of hydrogen-bond donors (Lipinski definition) is 2. The second kappa shape index (κ2) is 7.62. The molecule has 1 aliphatic heterocycles. The molecule has 0 fully saturated rings. The van der Waals surface area contributed by atoms with Crippen molar-refractivity contribution in [3.05, 3.63) is 40.4 Å². The minimum Gasteiger partial charge on any atom is -0.476 e. The maximum absolute atomic E-state index is 12.8. The van der Waals surface area contributed by atoms with Crippen molar-refractivity contribution < 1.29 is 14.3 Å². The molecule has 3 N–H and O–H groups in total. The van der Waals surface area contributed by atoms with Crippen LogP contribution in [0, 0.1) is 5.92 Å². The van der Waals surface area contributed by atoms with Crippen LogP contribution < -0.4 is 20.7 Å². The van der Waals surface area contributed by atoms with Gasteiger partial charge in [-0.15, -0.1) is 0 Å². The lowest BCUT2D eigenvalue weighted by Gasteiger charge is -2.34. The molecule has 1 aromatic carbocycles. The number of nitrogens with zero attached hydrogens (tertiary/aromatic N) is 2.